The van der Waals surface area contributed by atoms with Crippen molar-refractivity contribution in [3.8, 4) is 0 Å². The summed E-state index contributed by atoms with van der Waals surface area (Å²) < 4.78 is 5.68. The van der Waals surface area contributed by atoms with Crippen LogP contribution in [0.1, 0.15) is 47.0 Å². The van der Waals surface area contributed by atoms with Crippen LogP contribution in [0, 0.1) is 11.3 Å². The monoisotopic (exact) mass is 213 g/mol. The van der Waals surface area contributed by atoms with E-state index in [1.807, 2.05) is 0 Å². The molecule has 0 aromatic carbocycles. The van der Waals surface area contributed by atoms with Crippen molar-refractivity contribution in [1.29, 1.82) is 0 Å². The average Bonchev–Trinajstić information content (AvgIpc) is 2.91. The summed E-state index contributed by atoms with van der Waals surface area (Å²) in [4.78, 5) is 0. The summed E-state index contributed by atoms with van der Waals surface area (Å²) in [6.45, 7) is 11.9. The van der Waals surface area contributed by atoms with E-state index < -0.39 is 0 Å². The molecule has 2 heteroatoms. The Morgan fingerprint density at radius 1 is 1.33 bits per heavy atom. The topological polar surface area (TPSA) is 21.3 Å². The number of nitrogens with one attached hydrogen (secondary N) is 1. The molecular weight excluding hydrogens is 186 g/mol. The van der Waals surface area contributed by atoms with E-state index in [1.54, 1.807) is 0 Å². The van der Waals surface area contributed by atoms with Crippen molar-refractivity contribution in [3.63, 3.8) is 0 Å². The Bertz CT molecular complexity index is 170. The van der Waals surface area contributed by atoms with Crippen LogP contribution in [-0.4, -0.2) is 25.8 Å². The molecule has 1 fully saturated rings. The standard InChI is InChI=1S/C13H27NO/c1-11(9-14-12-5-6-12)10-15-8-7-13(2,3)4/h11-12,14H,5-10H2,1-4H3. The molecular formula is C13H27NO. The zero-order valence-electron chi connectivity index (χ0n) is 10.8. The van der Waals surface area contributed by atoms with Gasteiger partial charge in [-0.15, -0.1) is 0 Å². The summed E-state index contributed by atoms with van der Waals surface area (Å²) >= 11 is 0. The van der Waals surface area contributed by atoms with Gasteiger partial charge in [-0.05, 0) is 30.6 Å². The van der Waals surface area contributed by atoms with Gasteiger partial charge in [0, 0.05) is 19.2 Å². The highest BCUT2D eigenvalue weighted by atomic mass is 16.5. The van der Waals surface area contributed by atoms with E-state index in [1.165, 1.54) is 12.8 Å². The number of rotatable bonds is 7. The van der Waals surface area contributed by atoms with Crippen LogP contribution in [0.4, 0.5) is 0 Å². The Kier molecular flexibility index (Phi) is 5.07. The van der Waals surface area contributed by atoms with Crippen LogP contribution in [0.25, 0.3) is 0 Å². The molecule has 1 N–H and O–H groups in total. The first-order valence-electron chi connectivity index (χ1n) is 6.28. The highest BCUT2D eigenvalue weighted by molar-refractivity contribution is 4.81. The fraction of sp³-hybridized carbons (Fsp3) is 1.00. The molecule has 0 radical (unpaired) electrons. The maximum atomic E-state index is 5.68. The average molecular weight is 213 g/mol. The predicted molar refractivity (Wildman–Crippen MR) is 65.1 cm³/mol. The highest BCUT2D eigenvalue weighted by Crippen LogP contribution is 2.19. The lowest BCUT2D eigenvalue weighted by Crippen LogP contribution is -2.26. The van der Waals surface area contributed by atoms with Crippen molar-refractivity contribution < 1.29 is 4.74 Å². The molecule has 0 spiro atoms. The van der Waals surface area contributed by atoms with Gasteiger partial charge in [-0.25, -0.2) is 0 Å². The SMILES string of the molecule is CC(CNC1CC1)COCCC(C)(C)C. The number of ether oxygens (including phenoxy) is 1. The van der Waals surface area contributed by atoms with Crippen LogP contribution in [0.3, 0.4) is 0 Å². The Hall–Kier alpha value is -0.0800. The van der Waals surface area contributed by atoms with Gasteiger partial charge >= 0.3 is 0 Å². The molecule has 1 saturated carbocycles. The van der Waals surface area contributed by atoms with E-state index in [0.29, 0.717) is 11.3 Å². The van der Waals surface area contributed by atoms with E-state index >= 15 is 0 Å². The van der Waals surface area contributed by atoms with Crippen LogP contribution in [0.15, 0.2) is 0 Å². The largest absolute Gasteiger partial charge is 0.381 e. The van der Waals surface area contributed by atoms with Gasteiger partial charge in [0.2, 0.25) is 0 Å². The maximum absolute atomic E-state index is 5.68. The summed E-state index contributed by atoms with van der Waals surface area (Å²) in [5, 5.41) is 3.53. The van der Waals surface area contributed by atoms with Crippen molar-refractivity contribution in [1.82, 2.24) is 5.32 Å². The van der Waals surface area contributed by atoms with E-state index in [0.717, 1.165) is 32.2 Å². The molecule has 1 aliphatic rings. The lowest BCUT2D eigenvalue weighted by molar-refractivity contribution is 0.0838. The third-order valence-corrected chi connectivity index (χ3v) is 2.73. The van der Waals surface area contributed by atoms with Gasteiger partial charge in [-0.2, -0.15) is 0 Å². The summed E-state index contributed by atoms with van der Waals surface area (Å²) in [6, 6.07) is 0.821. The first-order chi connectivity index (χ1) is 6.97. The van der Waals surface area contributed by atoms with Gasteiger partial charge in [0.25, 0.3) is 0 Å². The van der Waals surface area contributed by atoms with Crippen LogP contribution in [0.5, 0.6) is 0 Å². The minimum atomic E-state index is 0.398. The van der Waals surface area contributed by atoms with Crippen molar-refractivity contribution in [3.05, 3.63) is 0 Å². The second-order valence-corrected chi connectivity index (χ2v) is 6.17. The van der Waals surface area contributed by atoms with Crippen molar-refractivity contribution in [2.24, 2.45) is 11.3 Å². The van der Waals surface area contributed by atoms with Gasteiger partial charge in [0.1, 0.15) is 0 Å². The molecule has 0 bridgehead atoms. The fourth-order valence-corrected chi connectivity index (χ4v) is 1.38. The molecule has 1 unspecified atom stereocenters. The van der Waals surface area contributed by atoms with Crippen molar-refractivity contribution >= 4 is 0 Å². The van der Waals surface area contributed by atoms with Gasteiger partial charge in [0.15, 0.2) is 0 Å². The second kappa shape index (κ2) is 5.86. The predicted octanol–water partition coefficient (Wildman–Crippen LogP) is 2.83. The summed E-state index contributed by atoms with van der Waals surface area (Å²) in [5.41, 5.74) is 0.398. The molecule has 0 aliphatic heterocycles. The third kappa shape index (κ3) is 7.80. The Labute approximate surface area is 94.8 Å². The molecule has 0 aromatic rings. The first-order valence-corrected chi connectivity index (χ1v) is 6.28. The molecule has 0 heterocycles. The lowest BCUT2D eigenvalue weighted by Gasteiger charge is -2.19. The number of hydrogen-bond acceptors (Lipinski definition) is 2. The maximum Gasteiger partial charge on any atom is 0.0503 e. The third-order valence-electron chi connectivity index (χ3n) is 2.73. The summed E-state index contributed by atoms with van der Waals surface area (Å²) in [5.74, 6) is 0.644. The second-order valence-electron chi connectivity index (χ2n) is 6.17. The Morgan fingerprint density at radius 2 is 2.00 bits per heavy atom. The fourth-order valence-electron chi connectivity index (χ4n) is 1.38. The van der Waals surface area contributed by atoms with E-state index in [9.17, 15) is 0 Å². The van der Waals surface area contributed by atoms with Gasteiger partial charge in [-0.1, -0.05) is 27.7 Å². The highest BCUT2D eigenvalue weighted by Gasteiger charge is 2.20. The lowest BCUT2D eigenvalue weighted by atomic mass is 9.93. The molecule has 0 saturated heterocycles. The Balaban J connectivity index is 1.89. The Morgan fingerprint density at radius 3 is 2.53 bits per heavy atom. The van der Waals surface area contributed by atoms with Gasteiger partial charge in [0.05, 0.1) is 6.61 Å². The van der Waals surface area contributed by atoms with Gasteiger partial charge in [-0.3, -0.25) is 0 Å². The van der Waals surface area contributed by atoms with Crippen molar-refractivity contribution in [2.75, 3.05) is 19.8 Å². The number of hydrogen-bond donors (Lipinski definition) is 1. The molecule has 1 rings (SSSR count). The van der Waals surface area contributed by atoms with Gasteiger partial charge < -0.3 is 10.1 Å². The van der Waals surface area contributed by atoms with E-state index in [-0.39, 0.29) is 0 Å². The van der Waals surface area contributed by atoms with E-state index in [2.05, 4.69) is 33.0 Å². The molecule has 0 aromatic heterocycles. The zero-order chi connectivity index (χ0) is 11.3. The summed E-state index contributed by atoms with van der Waals surface area (Å²) in [7, 11) is 0. The minimum absolute atomic E-state index is 0.398. The smallest absolute Gasteiger partial charge is 0.0503 e. The molecule has 2 nitrogen and oxygen atoms in total. The molecule has 15 heavy (non-hydrogen) atoms. The van der Waals surface area contributed by atoms with Crippen molar-refractivity contribution in [2.45, 2.75) is 53.0 Å². The van der Waals surface area contributed by atoms with Crippen LogP contribution in [-0.2, 0) is 4.74 Å². The molecule has 1 atom stereocenters. The zero-order valence-corrected chi connectivity index (χ0v) is 10.8. The normalized spacial score (nSPS) is 19.2. The van der Waals surface area contributed by atoms with Crippen LogP contribution in [0.2, 0.25) is 0 Å². The molecule has 90 valence electrons. The summed E-state index contributed by atoms with van der Waals surface area (Å²) in [6.07, 6.45) is 3.89. The molecule has 1 aliphatic carbocycles. The van der Waals surface area contributed by atoms with Crippen LogP contribution >= 0.6 is 0 Å². The quantitative estimate of drug-likeness (QED) is 0.657. The first kappa shape index (κ1) is 13.0. The van der Waals surface area contributed by atoms with E-state index in [4.69, 9.17) is 4.74 Å². The van der Waals surface area contributed by atoms with Crippen LogP contribution < -0.4 is 5.32 Å². The molecule has 0 amide bonds. The minimum Gasteiger partial charge on any atom is -0.381 e.